The van der Waals surface area contributed by atoms with Crippen LogP contribution in [0, 0.1) is 5.82 Å². The molecule has 0 unspecified atom stereocenters. The molecule has 0 aliphatic carbocycles. The minimum Gasteiger partial charge on any atom is -0.493 e. The van der Waals surface area contributed by atoms with Crippen molar-refractivity contribution in [2.45, 2.75) is 19.4 Å². The number of benzene rings is 2. The molecule has 7 nitrogen and oxygen atoms in total. The highest BCUT2D eigenvalue weighted by molar-refractivity contribution is 6.09. The summed E-state index contributed by atoms with van der Waals surface area (Å²) >= 11 is 0. The third kappa shape index (κ3) is 4.75. The quantitative estimate of drug-likeness (QED) is 0.404. The predicted octanol–water partition coefficient (Wildman–Crippen LogP) is 3.67. The summed E-state index contributed by atoms with van der Waals surface area (Å²) in [5, 5.41) is 3.42. The Morgan fingerprint density at radius 1 is 1.19 bits per heavy atom. The molecule has 1 aliphatic rings. The van der Waals surface area contributed by atoms with Crippen LogP contribution in [0.1, 0.15) is 34.3 Å². The molecule has 168 valence electrons. The number of hydrogen-bond acceptors (Lipinski definition) is 6. The minimum atomic E-state index is -0.334. The van der Waals surface area contributed by atoms with Gasteiger partial charge in [0, 0.05) is 37.1 Å². The highest BCUT2D eigenvalue weighted by Gasteiger charge is 2.28. The Hall–Kier alpha value is -3.39. The maximum absolute atomic E-state index is 12.9. The van der Waals surface area contributed by atoms with E-state index >= 15 is 0 Å². The third-order valence-corrected chi connectivity index (χ3v) is 5.45. The fourth-order valence-corrected chi connectivity index (χ4v) is 3.76. The third-order valence-electron chi connectivity index (χ3n) is 5.45. The van der Waals surface area contributed by atoms with Crippen molar-refractivity contribution in [2.75, 3.05) is 33.3 Å². The summed E-state index contributed by atoms with van der Waals surface area (Å²) in [5.74, 6) is 0.554. The summed E-state index contributed by atoms with van der Waals surface area (Å²) in [5.41, 5.74) is 0.872. The van der Waals surface area contributed by atoms with Crippen molar-refractivity contribution in [3.05, 3.63) is 59.6 Å². The maximum Gasteiger partial charge on any atom is 0.287 e. The lowest BCUT2D eigenvalue weighted by Gasteiger charge is -2.39. The van der Waals surface area contributed by atoms with E-state index in [2.05, 4.69) is 10.2 Å². The second-order valence-electron chi connectivity index (χ2n) is 7.79. The molecule has 0 atom stereocenters. The first kappa shape index (κ1) is 21.8. The number of furan rings is 1. The fourth-order valence-electron chi connectivity index (χ4n) is 3.76. The molecule has 0 spiro atoms. The topological polar surface area (TPSA) is 81.0 Å². The van der Waals surface area contributed by atoms with Crippen molar-refractivity contribution in [1.82, 2.24) is 10.2 Å². The number of Topliss-reactive ketones (excluding diaryl/α,β-unsaturated/α-hetero) is 1. The first-order chi connectivity index (χ1) is 15.4. The number of ketones is 1. The number of fused-ring (bicyclic) bond motifs is 1. The summed E-state index contributed by atoms with van der Waals surface area (Å²) in [6, 6.07) is 10.9. The normalized spacial score (nSPS) is 14.2. The lowest BCUT2D eigenvalue weighted by molar-refractivity contribution is 0.0194. The zero-order valence-corrected chi connectivity index (χ0v) is 18.0. The van der Waals surface area contributed by atoms with Crippen molar-refractivity contribution >= 4 is 22.7 Å². The second kappa shape index (κ2) is 9.40. The van der Waals surface area contributed by atoms with Gasteiger partial charge in [-0.3, -0.25) is 14.5 Å². The Morgan fingerprint density at radius 2 is 1.94 bits per heavy atom. The summed E-state index contributed by atoms with van der Waals surface area (Å²) in [6.07, 6.45) is 0.869. The van der Waals surface area contributed by atoms with Gasteiger partial charge in [0.15, 0.2) is 22.9 Å². The molecule has 3 aromatic rings. The number of hydrogen-bond donors (Lipinski definition) is 1. The van der Waals surface area contributed by atoms with E-state index in [1.54, 1.807) is 30.3 Å². The number of methoxy groups -OCH3 is 1. The molecule has 32 heavy (non-hydrogen) atoms. The van der Waals surface area contributed by atoms with E-state index in [9.17, 15) is 14.0 Å². The SMILES string of the molecule is COc1ccc(C(C)=O)c2cc(C(=O)NCCCN3CC(Oc4ccc(F)cc4)C3)oc12. The first-order valence-corrected chi connectivity index (χ1v) is 10.5. The number of rotatable bonds is 9. The summed E-state index contributed by atoms with van der Waals surface area (Å²) in [7, 11) is 1.51. The smallest absolute Gasteiger partial charge is 0.287 e. The molecule has 2 aromatic carbocycles. The van der Waals surface area contributed by atoms with Crippen molar-refractivity contribution in [2.24, 2.45) is 0 Å². The van der Waals surface area contributed by atoms with Crippen LogP contribution >= 0.6 is 0 Å². The standard InChI is InChI=1S/C24H25FN2O5/c1-15(28)19-8-9-21(30-2)23-20(19)12-22(32-23)24(29)26-10-3-11-27-13-18(14-27)31-17-6-4-16(25)5-7-17/h4-9,12,18H,3,10-11,13-14H2,1-2H3,(H,26,29). The molecule has 1 N–H and O–H groups in total. The van der Waals surface area contributed by atoms with E-state index in [0.29, 0.717) is 34.6 Å². The highest BCUT2D eigenvalue weighted by atomic mass is 19.1. The minimum absolute atomic E-state index is 0.0936. The lowest BCUT2D eigenvalue weighted by atomic mass is 10.1. The fraction of sp³-hybridized carbons (Fsp3) is 0.333. The molecule has 0 radical (unpaired) electrons. The zero-order chi connectivity index (χ0) is 22.7. The number of amides is 1. The van der Waals surface area contributed by atoms with Crippen LogP contribution in [-0.2, 0) is 0 Å². The molecular weight excluding hydrogens is 415 g/mol. The average molecular weight is 440 g/mol. The van der Waals surface area contributed by atoms with Crippen LogP contribution in [0.3, 0.4) is 0 Å². The summed E-state index contributed by atoms with van der Waals surface area (Å²) < 4.78 is 29.7. The number of carbonyl (C=O) groups is 2. The number of carbonyl (C=O) groups excluding carboxylic acids is 2. The lowest BCUT2D eigenvalue weighted by Crippen LogP contribution is -2.54. The predicted molar refractivity (Wildman–Crippen MR) is 117 cm³/mol. The highest BCUT2D eigenvalue weighted by Crippen LogP contribution is 2.31. The summed E-state index contributed by atoms with van der Waals surface area (Å²) in [4.78, 5) is 26.6. The van der Waals surface area contributed by atoms with E-state index in [-0.39, 0.29) is 29.4 Å². The molecule has 0 bridgehead atoms. The van der Waals surface area contributed by atoms with Gasteiger partial charge in [-0.05, 0) is 55.8 Å². The second-order valence-corrected chi connectivity index (χ2v) is 7.79. The molecule has 1 aromatic heterocycles. The van der Waals surface area contributed by atoms with E-state index < -0.39 is 0 Å². The number of nitrogens with zero attached hydrogens (tertiary/aromatic N) is 1. The van der Waals surface area contributed by atoms with Gasteiger partial charge in [0.05, 0.1) is 7.11 Å². The summed E-state index contributed by atoms with van der Waals surface area (Å²) in [6.45, 7) is 4.38. The Labute approximate surface area is 185 Å². The van der Waals surface area contributed by atoms with Crippen LogP contribution in [0.2, 0.25) is 0 Å². The Bertz CT molecular complexity index is 1120. The van der Waals surface area contributed by atoms with Gasteiger partial charge in [-0.2, -0.15) is 0 Å². The van der Waals surface area contributed by atoms with Crippen LogP contribution in [0.5, 0.6) is 11.5 Å². The number of nitrogens with one attached hydrogen (secondary N) is 1. The van der Waals surface area contributed by atoms with Crippen molar-refractivity contribution in [3.63, 3.8) is 0 Å². The average Bonchev–Trinajstić information content (AvgIpc) is 3.20. The molecule has 2 heterocycles. The van der Waals surface area contributed by atoms with Gasteiger partial charge in [0.25, 0.3) is 5.91 Å². The number of ether oxygens (including phenoxy) is 2. The Morgan fingerprint density at radius 3 is 2.62 bits per heavy atom. The van der Waals surface area contributed by atoms with Crippen molar-refractivity contribution in [3.8, 4) is 11.5 Å². The van der Waals surface area contributed by atoms with Gasteiger partial charge in [-0.25, -0.2) is 4.39 Å². The van der Waals surface area contributed by atoms with Gasteiger partial charge in [0.1, 0.15) is 17.7 Å². The van der Waals surface area contributed by atoms with E-state index in [0.717, 1.165) is 26.1 Å². The van der Waals surface area contributed by atoms with Gasteiger partial charge in [-0.15, -0.1) is 0 Å². The van der Waals surface area contributed by atoms with E-state index in [1.165, 1.54) is 26.2 Å². The Balaban J connectivity index is 1.23. The van der Waals surface area contributed by atoms with Gasteiger partial charge in [-0.1, -0.05) is 0 Å². The molecule has 1 amide bonds. The van der Waals surface area contributed by atoms with E-state index in [1.807, 2.05) is 0 Å². The van der Waals surface area contributed by atoms with Gasteiger partial charge in [0.2, 0.25) is 0 Å². The van der Waals surface area contributed by atoms with Crippen LogP contribution in [0.25, 0.3) is 11.0 Å². The molecule has 4 rings (SSSR count). The van der Waals surface area contributed by atoms with Crippen LogP contribution in [0.15, 0.2) is 46.9 Å². The largest absolute Gasteiger partial charge is 0.493 e. The van der Waals surface area contributed by atoms with E-state index in [4.69, 9.17) is 13.9 Å². The van der Waals surface area contributed by atoms with Gasteiger partial charge < -0.3 is 19.2 Å². The first-order valence-electron chi connectivity index (χ1n) is 10.5. The van der Waals surface area contributed by atoms with Gasteiger partial charge >= 0.3 is 0 Å². The molecule has 8 heteroatoms. The molecule has 1 fully saturated rings. The number of likely N-dealkylation sites (tertiary alicyclic amines) is 1. The Kier molecular flexibility index (Phi) is 6.41. The van der Waals surface area contributed by atoms with Crippen molar-refractivity contribution in [1.29, 1.82) is 0 Å². The van der Waals surface area contributed by atoms with Crippen LogP contribution in [0.4, 0.5) is 4.39 Å². The molecule has 1 aliphatic heterocycles. The van der Waals surface area contributed by atoms with Crippen LogP contribution < -0.4 is 14.8 Å². The molecule has 1 saturated heterocycles. The van der Waals surface area contributed by atoms with Crippen molar-refractivity contribution < 1.29 is 27.9 Å². The molecule has 0 saturated carbocycles. The monoisotopic (exact) mass is 440 g/mol. The maximum atomic E-state index is 12.9. The zero-order valence-electron chi connectivity index (χ0n) is 18.0. The van der Waals surface area contributed by atoms with Crippen LogP contribution in [-0.4, -0.2) is 56.0 Å². The number of halogens is 1. The molecular formula is C24H25FN2O5.